The molecule has 2 N–H and O–H groups in total. The summed E-state index contributed by atoms with van der Waals surface area (Å²) in [7, 11) is 0. The Morgan fingerprint density at radius 3 is 2.52 bits per heavy atom. The molecule has 112 valence electrons. The number of hydrogen-bond acceptors (Lipinski definition) is 4. The van der Waals surface area contributed by atoms with E-state index in [1.165, 1.54) is 0 Å². The van der Waals surface area contributed by atoms with Gasteiger partial charge >= 0.3 is 5.97 Å². The molecule has 0 spiro atoms. The molecule has 0 aliphatic heterocycles. The first-order chi connectivity index (χ1) is 9.88. The van der Waals surface area contributed by atoms with Crippen LogP contribution in [0.15, 0.2) is 36.5 Å². The van der Waals surface area contributed by atoms with Gasteiger partial charge in [0, 0.05) is 6.54 Å². The fourth-order valence-corrected chi connectivity index (χ4v) is 1.91. The molecular formula is C15H20N4O2. The number of rotatable bonds is 5. The third-order valence-electron chi connectivity index (χ3n) is 3.10. The maximum absolute atomic E-state index is 11.4. The zero-order chi connectivity index (χ0) is 15.5. The summed E-state index contributed by atoms with van der Waals surface area (Å²) in [4.78, 5) is 11.4. The fourth-order valence-electron chi connectivity index (χ4n) is 1.91. The SMILES string of the molecule is CC(C)(C)n1cc(CN[C@@H](C(=O)O)c2ccccc2)nn1. The highest BCUT2D eigenvalue weighted by Gasteiger charge is 2.20. The highest BCUT2D eigenvalue weighted by atomic mass is 16.4. The molecule has 1 aromatic heterocycles. The minimum atomic E-state index is -0.913. The van der Waals surface area contributed by atoms with Crippen molar-refractivity contribution in [3.63, 3.8) is 0 Å². The summed E-state index contributed by atoms with van der Waals surface area (Å²) in [6.07, 6.45) is 1.83. The van der Waals surface area contributed by atoms with Crippen molar-refractivity contribution in [1.29, 1.82) is 0 Å². The predicted octanol–water partition coefficient (Wildman–Crippen LogP) is 1.95. The first-order valence-corrected chi connectivity index (χ1v) is 6.81. The average Bonchev–Trinajstić information content (AvgIpc) is 2.88. The molecule has 0 radical (unpaired) electrons. The van der Waals surface area contributed by atoms with Gasteiger partial charge in [0.1, 0.15) is 6.04 Å². The van der Waals surface area contributed by atoms with E-state index in [1.54, 1.807) is 16.8 Å². The topological polar surface area (TPSA) is 80.0 Å². The highest BCUT2D eigenvalue weighted by Crippen LogP contribution is 2.15. The van der Waals surface area contributed by atoms with Crippen LogP contribution < -0.4 is 5.32 Å². The van der Waals surface area contributed by atoms with Crippen molar-refractivity contribution in [2.75, 3.05) is 0 Å². The van der Waals surface area contributed by atoms with Crippen LogP contribution in [0.25, 0.3) is 0 Å². The van der Waals surface area contributed by atoms with E-state index in [0.29, 0.717) is 17.8 Å². The normalized spacial score (nSPS) is 13.1. The zero-order valence-electron chi connectivity index (χ0n) is 12.4. The first kappa shape index (κ1) is 15.2. The highest BCUT2D eigenvalue weighted by molar-refractivity contribution is 5.75. The molecule has 6 nitrogen and oxygen atoms in total. The smallest absolute Gasteiger partial charge is 0.325 e. The van der Waals surface area contributed by atoms with Crippen LogP contribution in [-0.4, -0.2) is 26.1 Å². The fraction of sp³-hybridized carbons (Fsp3) is 0.400. The van der Waals surface area contributed by atoms with Gasteiger partial charge in [0.15, 0.2) is 0 Å². The molecule has 2 rings (SSSR count). The summed E-state index contributed by atoms with van der Waals surface area (Å²) in [6.45, 7) is 6.44. The van der Waals surface area contributed by atoms with Gasteiger partial charge in [-0.25, -0.2) is 4.68 Å². The maximum atomic E-state index is 11.4. The Balaban J connectivity index is 2.06. The number of nitrogens with one attached hydrogen (secondary N) is 1. The molecular weight excluding hydrogens is 268 g/mol. The van der Waals surface area contributed by atoms with Gasteiger partial charge < -0.3 is 5.11 Å². The summed E-state index contributed by atoms with van der Waals surface area (Å²) >= 11 is 0. The number of carboxylic acids is 1. The lowest BCUT2D eigenvalue weighted by atomic mass is 10.1. The van der Waals surface area contributed by atoms with Crippen LogP contribution >= 0.6 is 0 Å². The molecule has 0 aliphatic carbocycles. The number of aromatic nitrogens is 3. The number of carbonyl (C=O) groups is 1. The van der Waals surface area contributed by atoms with Crippen molar-refractivity contribution in [3.8, 4) is 0 Å². The Hall–Kier alpha value is -2.21. The molecule has 0 unspecified atom stereocenters. The van der Waals surface area contributed by atoms with Gasteiger partial charge in [-0.2, -0.15) is 0 Å². The second-order valence-corrected chi connectivity index (χ2v) is 5.89. The number of carboxylic acid groups (broad SMARTS) is 1. The third kappa shape index (κ3) is 3.88. The maximum Gasteiger partial charge on any atom is 0.325 e. The van der Waals surface area contributed by atoms with E-state index in [4.69, 9.17) is 0 Å². The second-order valence-electron chi connectivity index (χ2n) is 5.89. The predicted molar refractivity (Wildman–Crippen MR) is 78.7 cm³/mol. The minimum Gasteiger partial charge on any atom is -0.480 e. The van der Waals surface area contributed by atoms with E-state index in [1.807, 2.05) is 45.2 Å². The van der Waals surface area contributed by atoms with Gasteiger partial charge in [-0.05, 0) is 26.3 Å². The quantitative estimate of drug-likeness (QED) is 0.879. The van der Waals surface area contributed by atoms with Gasteiger partial charge in [-0.1, -0.05) is 35.5 Å². The summed E-state index contributed by atoms with van der Waals surface area (Å²) < 4.78 is 1.77. The molecule has 0 saturated carbocycles. The standard InChI is InChI=1S/C15H20N4O2/c1-15(2,3)19-10-12(17-18-19)9-16-13(14(20)21)11-7-5-4-6-8-11/h4-8,10,13,16H,9H2,1-3H3,(H,20,21)/t13-/m1/s1. The van der Waals surface area contributed by atoms with E-state index in [-0.39, 0.29) is 5.54 Å². The molecule has 21 heavy (non-hydrogen) atoms. The Bertz CT molecular complexity index is 602. The van der Waals surface area contributed by atoms with Crippen LogP contribution in [0.3, 0.4) is 0 Å². The Kier molecular flexibility index (Phi) is 4.37. The van der Waals surface area contributed by atoms with E-state index < -0.39 is 12.0 Å². The first-order valence-electron chi connectivity index (χ1n) is 6.81. The molecule has 0 aliphatic rings. The Morgan fingerprint density at radius 1 is 1.33 bits per heavy atom. The molecule has 0 amide bonds. The van der Waals surface area contributed by atoms with Crippen molar-refractivity contribution < 1.29 is 9.90 Å². The largest absolute Gasteiger partial charge is 0.480 e. The zero-order valence-corrected chi connectivity index (χ0v) is 12.4. The minimum absolute atomic E-state index is 0.142. The van der Waals surface area contributed by atoms with Crippen LogP contribution in [0.2, 0.25) is 0 Å². The van der Waals surface area contributed by atoms with Gasteiger partial charge in [0.25, 0.3) is 0 Å². The van der Waals surface area contributed by atoms with E-state index in [2.05, 4.69) is 15.6 Å². The average molecular weight is 288 g/mol. The summed E-state index contributed by atoms with van der Waals surface area (Å²) in [6, 6.07) is 8.32. The number of benzene rings is 1. The summed E-state index contributed by atoms with van der Waals surface area (Å²) in [5.41, 5.74) is 1.29. The molecule has 1 atom stereocenters. The van der Waals surface area contributed by atoms with Crippen molar-refractivity contribution >= 4 is 5.97 Å². The van der Waals surface area contributed by atoms with Crippen molar-refractivity contribution in [2.24, 2.45) is 0 Å². The van der Waals surface area contributed by atoms with Crippen LogP contribution in [0.1, 0.15) is 38.1 Å². The molecule has 1 aromatic carbocycles. The van der Waals surface area contributed by atoms with Crippen LogP contribution in [0.4, 0.5) is 0 Å². The van der Waals surface area contributed by atoms with Gasteiger partial charge in [0.05, 0.1) is 17.4 Å². The van der Waals surface area contributed by atoms with Crippen molar-refractivity contribution in [3.05, 3.63) is 47.8 Å². The molecule has 6 heteroatoms. The molecule has 0 saturated heterocycles. The lowest BCUT2D eigenvalue weighted by Crippen LogP contribution is -2.28. The van der Waals surface area contributed by atoms with E-state index in [0.717, 1.165) is 0 Å². The second kappa shape index (κ2) is 6.05. The third-order valence-corrected chi connectivity index (χ3v) is 3.10. The molecule has 2 aromatic rings. The van der Waals surface area contributed by atoms with Gasteiger partial charge in [0.2, 0.25) is 0 Å². The number of nitrogens with zero attached hydrogens (tertiary/aromatic N) is 3. The van der Waals surface area contributed by atoms with E-state index in [9.17, 15) is 9.90 Å². The molecule has 0 fully saturated rings. The van der Waals surface area contributed by atoms with Crippen LogP contribution in [0.5, 0.6) is 0 Å². The van der Waals surface area contributed by atoms with E-state index >= 15 is 0 Å². The summed E-state index contributed by atoms with van der Waals surface area (Å²) in [5.74, 6) is -0.913. The lowest BCUT2D eigenvalue weighted by molar-refractivity contribution is -0.139. The van der Waals surface area contributed by atoms with Gasteiger partial charge in [-0.15, -0.1) is 5.10 Å². The number of hydrogen-bond donors (Lipinski definition) is 2. The summed E-state index contributed by atoms with van der Waals surface area (Å²) in [5, 5.41) is 20.5. The monoisotopic (exact) mass is 288 g/mol. The van der Waals surface area contributed by atoms with Crippen LogP contribution in [-0.2, 0) is 16.9 Å². The molecule has 0 bridgehead atoms. The Morgan fingerprint density at radius 2 is 2.00 bits per heavy atom. The van der Waals surface area contributed by atoms with Crippen molar-refractivity contribution in [1.82, 2.24) is 20.3 Å². The van der Waals surface area contributed by atoms with Crippen molar-refractivity contribution in [2.45, 2.75) is 38.9 Å². The van der Waals surface area contributed by atoms with Gasteiger partial charge in [-0.3, -0.25) is 10.1 Å². The Labute approximate surface area is 123 Å². The molecule has 1 heterocycles. The van der Waals surface area contributed by atoms with Crippen LogP contribution in [0, 0.1) is 0 Å². The lowest BCUT2D eigenvalue weighted by Gasteiger charge is -2.17. The number of aliphatic carboxylic acids is 1.